The third-order valence-electron chi connectivity index (χ3n) is 3.80. The number of benzene rings is 1. The zero-order valence-electron chi connectivity index (χ0n) is 15.9. The molecular weight excluding hydrogens is 456 g/mol. The number of hydrogen-bond acceptors (Lipinski definition) is 7. The molecule has 3 rings (SSSR count). The minimum absolute atomic E-state index is 0.0160. The normalized spacial score (nSPS) is 10.6. The first-order valence-corrected chi connectivity index (χ1v) is 10.7. The average molecular weight is 477 g/mol. The van der Waals surface area contributed by atoms with Gasteiger partial charge in [-0.1, -0.05) is 18.2 Å². The van der Waals surface area contributed by atoms with E-state index in [1.54, 1.807) is 13.3 Å². The number of anilines is 2. The maximum atomic E-state index is 11.8. The number of rotatable bonds is 10. The highest BCUT2D eigenvalue weighted by Crippen LogP contribution is 2.33. The Morgan fingerprint density at radius 3 is 2.90 bits per heavy atom. The van der Waals surface area contributed by atoms with E-state index in [2.05, 4.69) is 36.5 Å². The summed E-state index contributed by atoms with van der Waals surface area (Å²) < 4.78 is 11.7. The van der Waals surface area contributed by atoms with Gasteiger partial charge in [0.1, 0.15) is 5.75 Å². The number of methoxy groups -OCH3 is 1. The Hall–Kier alpha value is -2.49. The molecular formula is C20H21BrN4O3S. The monoisotopic (exact) mass is 476 g/mol. The minimum atomic E-state index is -0.0160. The van der Waals surface area contributed by atoms with Crippen molar-refractivity contribution < 1.29 is 14.3 Å². The number of carbonyl (C=O) groups excluding carboxylic acids is 1. The van der Waals surface area contributed by atoms with E-state index < -0.39 is 0 Å². The summed E-state index contributed by atoms with van der Waals surface area (Å²) in [6.45, 7) is 1.02. The molecule has 0 saturated heterocycles. The van der Waals surface area contributed by atoms with Gasteiger partial charge in [0.25, 0.3) is 0 Å². The third-order valence-corrected chi connectivity index (χ3v) is 5.04. The van der Waals surface area contributed by atoms with Gasteiger partial charge in [0.15, 0.2) is 16.7 Å². The molecule has 2 N–H and O–H groups in total. The van der Waals surface area contributed by atoms with E-state index in [1.807, 2.05) is 41.8 Å². The van der Waals surface area contributed by atoms with Crippen LogP contribution in [0.2, 0.25) is 0 Å². The van der Waals surface area contributed by atoms with Gasteiger partial charge in [-0.2, -0.15) is 0 Å². The number of halogens is 1. The molecule has 7 nitrogen and oxygen atoms in total. The molecule has 0 atom stereocenters. The molecule has 2 heterocycles. The van der Waals surface area contributed by atoms with Crippen LogP contribution >= 0.6 is 27.3 Å². The van der Waals surface area contributed by atoms with Gasteiger partial charge >= 0.3 is 0 Å². The van der Waals surface area contributed by atoms with Gasteiger partial charge in [0, 0.05) is 42.2 Å². The molecule has 9 heteroatoms. The predicted octanol–water partition coefficient (Wildman–Crippen LogP) is 4.53. The van der Waals surface area contributed by atoms with Crippen LogP contribution in [0.4, 0.5) is 10.9 Å². The lowest BCUT2D eigenvalue weighted by Crippen LogP contribution is -2.27. The zero-order valence-corrected chi connectivity index (χ0v) is 18.3. The number of para-hydroxylation sites is 1. The van der Waals surface area contributed by atoms with Crippen molar-refractivity contribution in [2.75, 3.05) is 25.6 Å². The lowest BCUT2D eigenvalue weighted by molar-refractivity contribution is -0.121. The molecule has 0 spiro atoms. The van der Waals surface area contributed by atoms with E-state index >= 15 is 0 Å². The van der Waals surface area contributed by atoms with Gasteiger partial charge in [0.05, 0.1) is 12.3 Å². The third kappa shape index (κ3) is 6.81. The van der Waals surface area contributed by atoms with Crippen LogP contribution in [0, 0.1) is 0 Å². The summed E-state index contributed by atoms with van der Waals surface area (Å²) in [5.74, 6) is 1.85. The summed E-state index contributed by atoms with van der Waals surface area (Å²) in [5.41, 5.74) is 0.849. The van der Waals surface area contributed by atoms with Crippen molar-refractivity contribution in [3.63, 3.8) is 0 Å². The van der Waals surface area contributed by atoms with Crippen LogP contribution in [-0.4, -0.2) is 36.1 Å². The highest BCUT2D eigenvalue weighted by atomic mass is 79.9. The number of carbonyl (C=O) groups is 1. The van der Waals surface area contributed by atoms with Gasteiger partial charge < -0.3 is 20.1 Å². The molecule has 0 unspecified atom stereocenters. The van der Waals surface area contributed by atoms with E-state index in [9.17, 15) is 4.79 Å². The maximum absolute atomic E-state index is 11.8. The number of amides is 1. The summed E-state index contributed by atoms with van der Waals surface area (Å²) in [7, 11) is 1.60. The van der Waals surface area contributed by atoms with Crippen molar-refractivity contribution in [3.8, 4) is 11.5 Å². The molecule has 0 fully saturated rings. The van der Waals surface area contributed by atoms with Crippen LogP contribution in [-0.2, 0) is 16.0 Å². The van der Waals surface area contributed by atoms with Crippen LogP contribution in [0.25, 0.3) is 0 Å². The molecule has 152 valence electrons. The largest absolute Gasteiger partial charge is 0.453 e. The Morgan fingerprint density at radius 2 is 2.10 bits per heavy atom. The van der Waals surface area contributed by atoms with E-state index in [0.29, 0.717) is 42.7 Å². The first kappa shape index (κ1) is 21.2. The molecule has 1 amide bonds. The van der Waals surface area contributed by atoms with E-state index in [1.165, 1.54) is 11.3 Å². The second kappa shape index (κ2) is 10.9. The van der Waals surface area contributed by atoms with Crippen molar-refractivity contribution in [2.24, 2.45) is 0 Å². The van der Waals surface area contributed by atoms with Crippen molar-refractivity contribution in [1.29, 1.82) is 0 Å². The predicted molar refractivity (Wildman–Crippen MR) is 117 cm³/mol. The van der Waals surface area contributed by atoms with Crippen LogP contribution < -0.4 is 15.4 Å². The average Bonchev–Trinajstić information content (AvgIpc) is 3.17. The number of thiazole rings is 1. The Labute approximate surface area is 181 Å². The van der Waals surface area contributed by atoms with Crippen LogP contribution in [0.15, 0.2) is 52.4 Å². The summed E-state index contributed by atoms with van der Waals surface area (Å²) in [4.78, 5) is 20.7. The number of nitrogens with zero attached hydrogens (tertiary/aromatic N) is 2. The lowest BCUT2D eigenvalue weighted by atomic mass is 10.2. The van der Waals surface area contributed by atoms with E-state index in [-0.39, 0.29) is 5.91 Å². The quantitative estimate of drug-likeness (QED) is 0.418. The van der Waals surface area contributed by atoms with Gasteiger partial charge in [-0.25, -0.2) is 9.97 Å². The molecule has 0 aliphatic rings. The smallest absolute Gasteiger partial charge is 0.220 e. The van der Waals surface area contributed by atoms with Gasteiger partial charge in [-0.3, -0.25) is 4.79 Å². The molecule has 1 aromatic carbocycles. The fourth-order valence-electron chi connectivity index (χ4n) is 2.41. The zero-order chi connectivity index (χ0) is 20.5. The highest BCUT2D eigenvalue weighted by molar-refractivity contribution is 9.10. The number of nitrogens with one attached hydrogen (secondary N) is 2. The van der Waals surface area contributed by atoms with Crippen molar-refractivity contribution >= 4 is 44.1 Å². The lowest BCUT2D eigenvalue weighted by Gasteiger charge is -2.11. The Kier molecular flexibility index (Phi) is 7.97. The molecule has 0 bridgehead atoms. The SMILES string of the molecule is COCCNC(=O)CCc1csc(Nc2ncc(Br)cc2Oc2ccccc2)n1. The number of aromatic nitrogens is 2. The second-order valence-electron chi connectivity index (χ2n) is 6.03. The second-order valence-corrected chi connectivity index (χ2v) is 7.80. The highest BCUT2D eigenvalue weighted by Gasteiger charge is 2.11. The minimum Gasteiger partial charge on any atom is -0.453 e. The molecule has 29 heavy (non-hydrogen) atoms. The fourth-order valence-corrected chi connectivity index (χ4v) is 3.46. The summed E-state index contributed by atoms with van der Waals surface area (Å²) in [6, 6.07) is 11.4. The number of ether oxygens (including phenoxy) is 2. The summed E-state index contributed by atoms with van der Waals surface area (Å²) in [5, 5.41) is 8.62. The molecule has 0 saturated carbocycles. The van der Waals surface area contributed by atoms with Crippen LogP contribution in [0.1, 0.15) is 12.1 Å². The van der Waals surface area contributed by atoms with E-state index in [0.717, 1.165) is 15.9 Å². The molecule has 0 radical (unpaired) electrons. The standard InChI is InChI=1S/C20H21BrN4O3S/c1-27-10-9-22-18(26)8-7-15-13-29-20(24-15)25-19-17(11-14(21)12-23-19)28-16-5-3-2-4-6-16/h2-6,11-13H,7-10H2,1H3,(H,22,26)(H,23,24,25). The maximum Gasteiger partial charge on any atom is 0.220 e. The van der Waals surface area contributed by atoms with Crippen molar-refractivity contribution in [2.45, 2.75) is 12.8 Å². The fraction of sp³-hybridized carbons (Fsp3) is 0.250. The summed E-state index contributed by atoms with van der Waals surface area (Å²) in [6.07, 6.45) is 2.64. The van der Waals surface area contributed by atoms with Crippen LogP contribution in [0.3, 0.4) is 0 Å². The van der Waals surface area contributed by atoms with Gasteiger partial charge in [-0.15, -0.1) is 11.3 Å². The first-order chi connectivity index (χ1) is 14.1. The number of aryl methyl sites for hydroxylation is 1. The number of hydrogen-bond donors (Lipinski definition) is 2. The Balaban J connectivity index is 1.61. The topological polar surface area (TPSA) is 85.4 Å². The first-order valence-electron chi connectivity index (χ1n) is 8.99. The van der Waals surface area contributed by atoms with Gasteiger partial charge in [0.2, 0.25) is 5.91 Å². The molecule has 2 aromatic heterocycles. The molecule has 0 aliphatic carbocycles. The Morgan fingerprint density at radius 1 is 1.28 bits per heavy atom. The Bertz CT molecular complexity index is 936. The summed E-state index contributed by atoms with van der Waals surface area (Å²) >= 11 is 4.88. The molecule has 0 aliphatic heterocycles. The van der Waals surface area contributed by atoms with Crippen molar-refractivity contribution in [3.05, 3.63) is 58.1 Å². The molecule has 3 aromatic rings. The van der Waals surface area contributed by atoms with Crippen LogP contribution in [0.5, 0.6) is 11.5 Å². The van der Waals surface area contributed by atoms with E-state index in [4.69, 9.17) is 9.47 Å². The van der Waals surface area contributed by atoms with Gasteiger partial charge in [-0.05, 0) is 34.5 Å². The number of pyridine rings is 1. The van der Waals surface area contributed by atoms with Crippen molar-refractivity contribution in [1.82, 2.24) is 15.3 Å².